The third-order valence-corrected chi connectivity index (χ3v) is 3.03. The molecule has 0 N–H and O–H groups in total. The Hall–Kier alpha value is -1.64. The summed E-state index contributed by atoms with van der Waals surface area (Å²) in [6.07, 6.45) is 3.38. The van der Waals surface area contributed by atoms with E-state index >= 15 is 0 Å². The lowest BCUT2D eigenvalue weighted by Crippen LogP contribution is -1.95. The van der Waals surface area contributed by atoms with Crippen molar-refractivity contribution in [3.8, 4) is 0 Å². The molecule has 15 heavy (non-hydrogen) atoms. The van der Waals surface area contributed by atoms with E-state index in [1.165, 1.54) is 18.5 Å². The molecule has 0 atom stereocenters. The Bertz CT molecular complexity index is 538. The lowest BCUT2D eigenvalue weighted by atomic mass is 10.1. The van der Waals surface area contributed by atoms with Crippen LogP contribution in [0, 0.1) is 0 Å². The maximum atomic E-state index is 10.9. The molecule has 0 unspecified atom stereocenters. The van der Waals surface area contributed by atoms with Gasteiger partial charge in [-0.05, 0) is 18.9 Å². The first-order valence-corrected chi connectivity index (χ1v) is 5.22. The standard InChI is InChI=1S/C12H12N2O/c1-14-12(8-5-6-8)10-4-2-3-9(7-15)11(10)13-14/h2-4,7-8H,5-6H2,1H3. The predicted octanol–water partition coefficient (Wildman–Crippen LogP) is 2.26. The molecule has 76 valence electrons. The van der Waals surface area contributed by atoms with E-state index in [1.54, 1.807) is 0 Å². The quantitative estimate of drug-likeness (QED) is 0.697. The van der Waals surface area contributed by atoms with Crippen LogP contribution in [0.15, 0.2) is 18.2 Å². The van der Waals surface area contributed by atoms with Crippen molar-refractivity contribution < 1.29 is 4.79 Å². The highest BCUT2D eigenvalue weighted by Crippen LogP contribution is 2.43. The Kier molecular flexibility index (Phi) is 1.69. The van der Waals surface area contributed by atoms with Crippen LogP contribution in [-0.2, 0) is 7.05 Å². The van der Waals surface area contributed by atoms with Gasteiger partial charge in [0.15, 0.2) is 6.29 Å². The van der Waals surface area contributed by atoms with Crippen molar-refractivity contribution in [2.45, 2.75) is 18.8 Å². The minimum atomic E-state index is 0.655. The SMILES string of the molecule is Cn1nc2c(C=O)cccc2c1C1CC1. The normalized spacial score (nSPS) is 15.8. The van der Waals surface area contributed by atoms with Gasteiger partial charge in [-0.15, -0.1) is 0 Å². The van der Waals surface area contributed by atoms with Gasteiger partial charge < -0.3 is 0 Å². The van der Waals surface area contributed by atoms with Gasteiger partial charge in [0.05, 0.1) is 0 Å². The summed E-state index contributed by atoms with van der Waals surface area (Å²) in [5.41, 5.74) is 2.82. The zero-order chi connectivity index (χ0) is 10.4. The minimum Gasteiger partial charge on any atom is -0.298 e. The average molecular weight is 200 g/mol. The van der Waals surface area contributed by atoms with Crippen LogP contribution >= 0.6 is 0 Å². The Morgan fingerprint density at radius 3 is 2.93 bits per heavy atom. The summed E-state index contributed by atoms with van der Waals surface area (Å²) in [6.45, 7) is 0. The Morgan fingerprint density at radius 2 is 2.27 bits per heavy atom. The number of hydrogen-bond donors (Lipinski definition) is 0. The van der Waals surface area contributed by atoms with Crippen molar-refractivity contribution >= 4 is 17.2 Å². The van der Waals surface area contributed by atoms with Crippen LogP contribution < -0.4 is 0 Å². The molecule has 0 saturated heterocycles. The van der Waals surface area contributed by atoms with E-state index in [9.17, 15) is 4.79 Å². The van der Waals surface area contributed by atoms with Gasteiger partial charge in [-0.1, -0.05) is 12.1 Å². The van der Waals surface area contributed by atoms with Gasteiger partial charge in [-0.2, -0.15) is 5.10 Å². The summed E-state index contributed by atoms with van der Waals surface area (Å²) in [6, 6.07) is 5.81. The molecule has 3 rings (SSSR count). The highest BCUT2D eigenvalue weighted by molar-refractivity contribution is 5.97. The van der Waals surface area contributed by atoms with E-state index in [1.807, 2.05) is 23.9 Å². The van der Waals surface area contributed by atoms with Crippen LogP contribution in [0.5, 0.6) is 0 Å². The lowest BCUT2D eigenvalue weighted by molar-refractivity contribution is 0.112. The fourth-order valence-electron chi connectivity index (χ4n) is 2.19. The zero-order valence-electron chi connectivity index (χ0n) is 8.60. The number of aldehydes is 1. The highest BCUT2D eigenvalue weighted by atomic mass is 16.1. The second kappa shape index (κ2) is 2.92. The molecule has 1 aliphatic carbocycles. The lowest BCUT2D eigenvalue weighted by Gasteiger charge is -1.98. The van der Waals surface area contributed by atoms with Gasteiger partial charge in [0.1, 0.15) is 5.52 Å². The first-order valence-electron chi connectivity index (χ1n) is 5.22. The van der Waals surface area contributed by atoms with E-state index in [0.29, 0.717) is 11.5 Å². The molecule has 1 aromatic carbocycles. The van der Waals surface area contributed by atoms with Crippen molar-refractivity contribution in [2.24, 2.45) is 7.05 Å². The maximum Gasteiger partial charge on any atom is 0.152 e. The molecule has 0 aliphatic heterocycles. The number of benzene rings is 1. The topological polar surface area (TPSA) is 34.9 Å². The number of carbonyl (C=O) groups excluding carboxylic acids is 1. The van der Waals surface area contributed by atoms with Crippen molar-refractivity contribution in [3.05, 3.63) is 29.5 Å². The molecule has 1 aliphatic rings. The largest absolute Gasteiger partial charge is 0.298 e. The van der Waals surface area contributed by atoms with E-state index < -0.39 is 0 Å². The Labute approximate surface area is 87.7 Å². The number of aryl methyl sites for hydroxylation is 1. The molecule has 0 amide bonds. The zero-order valence-corrected chi connectivity index (χ0v) is 8.60. The number of fused-ring (bicyclic) bond motifs is 1. The number of carbonyl (C=O) groups is 1. The molecule has 1 saturated carbocycles. The van der Waals surface area contributed by atoms with E-state index in [4.69, 9.17) is 0 Å². The monoisotopic (exact) mass is 200 g/mol. The maximum absolute atomic E-state index is 10.9. The van der Waals surface area contributed by atoms with Crippen molar-refractivity contribution in [1.29, 1.82) is 0 Å². The molecular weight excluding hydrogens is 188 g/mol. The van der Waals surface area contributed by atoms with Gasteiger partial charge in [-0.25, -0.2) is 0 Å². The van der Waals surface area contributed by atoms with Gasteiger partial charge in [0.2, 0.25) is 0 Å². The molecule has 1 aromatic heterocycles. The van der Waals surface area contributed by atoms with Crippen LogP contribution in [0.1, 0.15) is 34.8 Å². The predicted molar refractivity (Wildman–Crippen MR) is 58.1 cm³/mol. The second-order valence-electron chi connectivity index (χ2n) is 4.14. The molecule has 3 heteroatoms. The summed E-state index contributed by atoms with van der Waals surface area (Å²) < 4.78 is 1.93. The summed E-state index contributed by atoms with van der Waals surface area (Å²) in [5, 5.41) is 5.57. The van der Waals surface area contributed by atoms with Crippen molar-refractivity contribution in [2.75, 3.05) is 0 Å². The van der Waals surface area contributed by atoms with Crippen LogP contribution in [0.25, 0.3) is 10.9 Å². The van der Waals surface area contributed by atoms with E-state index in [-0.39, 0.29) is 0 Å². The van der Waals surface area contributed by atoms with Crippen LogP contribution in [0.3, 0.4) is 0 Å². The van der Waals surface area contributed by atoms with E-state index in [0.717, 1.165) is 17.2 Å². The molecule has 1 heterocycles. The van der Waals surface area contributed by atoms with Gasteiger partial charge in [-0.3, -0.25) is 9.48 Å². The average Bonchev–Trinajstić information content (AvgIpc) is 3.00. The minimum absolute atomic E-state index is 0.655. The molecular formula is C12H12N2O. The third kappa shape index (κ3) is 1.19. The summed E-state index contributed by atoms with van der Waals surface area (Å²) in [5.74, 6) is 0.655. The molecule has 3 nitrogen and oxygen atoms in total. The fourth-order valence-corrected chi connectivity index (χ4v) is 2.19. The van der Waals surface area contributed by atoms with Crippen molar-refractivity contribution in [3.63, 3.8) is 0 Å². The van der Waals surface area contributed by atoms with Crippen LogP contribution in [-0.4, -0.2) is 16.1 Å². The number of aromatic nitrogens is 2. The molecule has 0 radical (unpaired) electrons. The Morgan fingerprint density at radius 1 is 1.47 bits per heavy atom. The summed E-state index contributed by atoms with van der Waals surface area (Å²) >= 11 is 0. The van der Waals surface area contributed by atoms with Gasteiger partial charge in [0.25, 0.3) is 0 Å². The molecule has 0 bridgehead atoms. The first-order chi connectivity index (χ1) is 7.31. The molecule has 1 fully saturated rings. The van der Waals surface area contributed by atoms with Crippen LogP contribution in [0.4, 0.5) is 0 Å². The van der Waals surface area contributed by atoms with Gasteiger partial charge in [0, 0.05) is 29.6 Å². The Balaban J connectivity index is 2.36. The van der Waals surface area contributed by atoms with Crippen molar-refractivity contribution in [1.82, 2.24) is 9.78 Å². The smallest absolute Gasteiger partial charge is 0.152 e. The fraction of sp³-hybridized carbons (Fsp3) is 0.333. The number of nitrogens with zero attached hydrogens (tertiary/aromatic N) is 2. The number of hydrogen-bond acceptors (Lipinski definition) is 2. The van der Waals surface area contributed by atoms with Gasteiger partial charge >= 0.3 is 0 Å². The molecule has 0 spiro atoms. The second-order valence-corrected chi connectivity index (χ2v) is 4.14. The molecule has 2 aromatic rings. The first kappa shape index (κ1) is 8.65. The van der Waals surface area contributed by atoms with E-state index in [2.05, 4.69) is 11.2 Å². The summed E-state index contributed by atoms with van der Waals surface area (Å²) in [7, 11) is 1.96. The summed E-state index contributed by atoms with van der Waals surface area (Å²) in [4.78, 5) is 10.9. The number of rotatable bonds is 2. The van der Waals surface area contributed by atoms with Crippen LogP contribution in [0.2, 0.25) is 0 Å². The third-order valence-electron chi connectivity index (χ3n) is 3.03. The highest BCUT2D eigenvalue weighted by Gasteiger charge is 2.29.